The average Bonchev–Trinajstić information content (AvgIpc) is 3.01. The average molecular weight is 229 g/mol. The second-order valence-electron chi connectivity index (χ2n) is 3.66. The van der Waals surface area contributed by atoms with Gasteiger partial charge in [-0.3, -0.25) is 10.8 Å². The molecule has 0 fully saturated rings. The van der Waals surface area contributed by atoms with E-state index in [2.05, 4.69) is 15.5 Å². The van der Waals surface area contributed by atoms with E-state index < -0.39 is 0 Å². The van der Waals surface area contributed by atoms with E-state index in [0.29, 0.717) is 0 Å². The molecule has 3 aromatic rings. The molecular weight excluding hydrogens is 218 g/mol. The molecule has 0 amide bonds. The number of fused-ring (bicyclic) bond motifs is 1. The molecule has 0 aliphatic carbocycles. The third-order valence-electron chi connectivity index (χ3n) is 2.71. The maximum atomic E-state index is 5.60. The summed E-state index contributed by atoms with van der Waals surface area (Å²) in [6.45, 7) is 0. The lowest BCUT2D eigenvalue weighted by Gasteiger charge is -2.12. The highest BCUT2D eigenvalue weighted by Crippen LogP contribution is 2.24. The minimum atomic E-state index is -0.157. The zero-order chi connectivity index (χ0) is 11.7. The van der Waals surface area contributed by atoms with Crippen LogP contribution in [0.2, 0.25) is 0 Å². The lowest BCUT2D eigenvalue weighted by Crippen LogP contribution is -2.28. The second-order valence-corrected chi connectivity index (χ2v) is 3.66. The lowest BCUT2D eigenvalue weighted by molar-refractivity contribution is 0.554. The molecule has 3 N–H and O–H groups in total. The molecule has 86 valence electrons. The van der Waals surface area contributed by atoms with Crippen LogP contribution in [-0.4, -0.2) is 14.6 Å². The van der Waals surface area contributed by atoms with Crippen LogP contribution >= 0.6 is 0 Å². The third kappa shape index (κ3) is 1.59. The van der Waals surface area contributed by atoms with E-state index in [4.69, 9.17) is 10.3 Å². The Morgan fingerprint density at radius 2 is 2.35 bits per heavy atom. The van der Waals surface area contributed by atoms with Gasteiger partial charge in [0.05, 0.1) is 36.5 Å². The highest BCUT2D eigenvalue weighted by Gasteiger charge is 2.18. The van der Waals surface area contributed by atoms with Crippen LogP contribution < -0.4 is 11.3 Å². The summed E-state index contributed by atoms with van der Waals surface area (Å²) in [5.41, 5.74) is 5.58. The summed E-state index contributed by atoms with van der Waals surface area (Å²) in [6, 6.07) is 1.71. The SMILES string of the molecule is NNC(c1ccoc1)c1cnn2ccncc12. The molecule has 3 aromatic heterocycles. The maximum absolute atomic E-state index is 5.60. The first-order chi connectivity index (χ1) is 8.40. The fourth-order valence-electron chi connectivity index (χ4n) is 1.88. The molecule has 0 saturated carbocycles. The molecule has 1 unspecified atom stereocenters. The van der Waals surface area contributed by atoms with Crippen LogP contribution in [0.4, 0.5) is 0 Å². The number of hydrazine groups is 1. The van der Waals surface area contributed by atoms with Gasteiger partial charge < -0.3 is 4.42 Å². The van der Waals surface area contributed by atoms with Crippen molar-refractivity contribution >= 4 is 5.52 Å². The number of hydrogen-bond acceptors (Lipinski definition) is 5. The van der Waals surface area contributed by atoms with Crippen LogP contribution in [-0.2, 0) is 0 Å². The Kier molecular flexibility index (Phi) is 2.36. The van der Waals surface area contributed by atoms with Crippen LogP contribution in [0.3, 0.4) is 0 Å². The van der Waals surface area contributed by atoms with Crippen LogP contribution in [0.15, 0.2) is 47.8 Å². The Hall–Kier alpha value is -2.18. The van der Waals surface area contributed by atoms with Gasteiger partial charge in [0.2, 0.25) is 0 Å². The zero-order valence-electron chi connectivity index (χ0n) is 8.95. The van der Waals surface area contributed by atoms with Crippen molar-refractivity contribution in [3.8, 4) is 0 Å². The van der Waals surface area contributed by atoms with Gasteiger partial charge in [-0.25, -0.2) is 9.94 Å². The van der Waals surface area contributed by atoms with E-state index in [-0.39, 0.29) is 6.04 Å². The summed E-state index contributed by atoms with van der Waals surface area (Å²) < 4.78 is 6.83. The molecule has 3 heterocycles. The molecule has 0 aromatic carbocycles. The molecule has 0 saturated heterocycles. The van der Waals surface area contributed by atoms with Crippen LogP contribution in [0.1, 0.15) is 17.2 Å². The van der Waals surface area contributed by atoms with Crippen molar-refractivity contribution < 1.29 is 4.42 Å². The summed E-state index contributed by atoms with van der Waals surface area (Å²) in [6.07, 6.45) is 10.3. The molecule has 0 aliphatic heterocycles. The maximum Gasteiger partial charge on any atom is 0.0954 e. The van der Waals surface area contributed by atoms with Crippen LogP contribution in [0, 0.1) is 0 Å². The number of nitrogens with zero attached hydrogens (tertiary/aromatic N) is 3. The Labute approximate surface area is 97.0 Å². The van der Waals surface area contributed by atoms with Crippen molar-refractivity contribution in [3.63, 3.8) is 0 Å². The lowest BCUT2D eigenvalue weighted by atomic mass is 10.0. The van der Waals surface area contributed by atoms with Gasteiger partial charge in [0.1, 0.15) is 0 Å². The molecular formula is C11H11N5O. The summed E-state index contributed by atoms with van der Waals surface area (Å²) >= 11 is 0. The van der Waals surface area contributed by atoms with Gasteiger partial charge in [-0.1, -0.05) is 0 Å². The van der Waals surface area contributed by atoms with E-state index in [1.54, 1.807) is 41.8 Å². The molecule has 0 bridgehead atoms. The number of hydrogen-bond donors (Lipinski definition) is 2. The van der Waals surface area contributed by atoms with Gasteiger partial charge in [-0.15, -0.1) is 0 Å². The van der Waals surface area contributed by atoms with E-state index >= 15 is 0 Å². The van der Waals surface area contributed by atoms with Gasteiger partial charge in [-0.2, -0.15) is 5.10 Å². The monoisotopic (exact) mass is 229 g/mol. The summed E-state index contributed by atoms with van der Waals surface area (Å²) in [5, 5.41) is 4.25. The first-order valence-electron chi connectivity index (χ1n) is 5.15. The van der Waals surface area contributed by atoms with Crippen molar-refractivity contribution in [2.75, 3.05) is 0 Å². The predicted octanol–water partition coefficient (Wildman–Crippen LogP) is 0.875. The van der Waals surface area contributed by atoms with Gasteiger partial charge in [-0.05, 0) is 6.07 Å². The topological polar surface area (TPSA) is 81.4 Å². The fourth-order valence-corrected chi connectivity index (χ4v) is 1.88. The van der Waals surface area contributed by atoms with E-state index in [0.717, 1.165) is 16.6 Å². The first-order valence-corrected chi connectivity index (χ1v) is 5.15. The molecule has 3 rings (SSSR count). The highest BCUT2D eigenvalue weighted by atomic mass is 16.3. The predicted molar refractivity (Wildman–Crippen MR) is 60.9 cm³/mol. The van der Waals surface area contributed by atoms with Crippen molar-refractivity contribution in [1.82, 2.24) is 20.0 Å². The molecule has 6 nitrogen and oxygen atoms in total. The van der Waals surface area contributed by atoms with Crippen molar-refractivity contribution in [2.45, 2.75) is 6.04 Å². The Balaban J connectivity index is 2.13. The molecule has 0 radical (unpaired) electrons. The second kappa shape index (κ2) is 4.00. The number of nitrogens with two attached hydrogens (primary N) is 1. The van der Waals surface area contributed by atoms with E-state index in [9.17, 15) is 0 Å². The zero-order valence-corrected chi connectivity index (χ0v) is 8.95. The Morgan fingerprint density at radius 1 is 1.41 bits per heavy atom. The summed E-state index contributed by atoms with van der Waals surface area (Å²) in [7, 11) is 0. The molecule has 0 spiro atoms. The normalized spacial score (nSPS) is 13.0. The molecule has 6 heteroatoms. The number of furan rings is 1. The van der Waals surface area contributed by atoms with E-state index in [1.807, 2.05) is 6.07 Å². The fraction of sp³-hybridized carbons (Fsp3) is 0.0909. The van der Waals surface area contributed by atoms with Gasteiger partial charge in [0.25, 0.3) is 0 Å². The van der Waals surface area contributed by atoms with Gasteiger partial charge >= 0.3 is 0 Å². The Bertz CT molecular complexity index is 616. The largest absolute Gasteiger partial charge is 0.472 e. The number of rotatable bonds is 3. The third-order valence-corrected chi connectivity index (χ3v) is 2.71. The number of nitrogens with one attached hydrogen (secondary N) is 1. The number of aromatic nitrogens is 3. The smallest absolute Gasteiger partial charge is 0.0954 e. The minimum absolute atomic E-state index is 0.157. The van der Waals surface area contributed by atoms with Gasteiger partial charge in [0, 0.05) is 23.5 Å². The molecule has 1 atom stereocenters. The molecule has 0 aliphatic rings. The Morgan fingerprint density at radius 3 is 3.12 bits per heavy atom. The van der Waals surface area contributed by atoms with Crippen LogP contribution in [0.5, 0.6) is 0 Å². The van der Waals surface area contributed by atoms with Crippen molar-refractivity contribution in [1.29, 1.82) is 0 Å². The van der Waals surface area contributed by atoms with Gasteiger partial charge in [0.15, 0.2) is 0 Å². The standard InChI is InChI=1S/C11H11N5O/c12-15-11(8-1-4-17-7-8)9-5-14-16-3-2-13-6-10(9)16/h1-7,11,15H,12H2. The molecule has 17 heavy (non-hydrogen) atoms. The summed E-state index contributed by atoms with van der Waals surface area (Å²) in [5.74, 6) is 5.60. The van der Waals surface area contributed by atoms with Crippen molar-refractivity contribution in [3.05, 3.63) is 54.5 Å². The quantitative estimate of drug-likeness (QED) is 0.514. The minimum Gasteiger partial charge on any atom is -0.472 e. The van der Waals surface area contributed by atoms with Crippen LogP contribution in [0.25, 0.3) is 5.52 Å². The summed E-state index contributed by atoms with van der Waals surface area (Å²) in [4.78, 5) is 4.09. The first kappa shape index (κ1) is 10.0. The van der Waals surface area contributed by atoms with E-state index in [1.165, 1.54) is 0 Å². The highest BCUT2D eigenvalue weighted by molar-refractivity contribution is 5.55. The van der Waals surface area contributed by atoms with Crippen molar-refractivity contribution in [2.24, 2.45) is 5.84 Å².